The van der Waals surface area contributed by atoms with Crippen LogP contribution in [-0.2, 0) is 0 Å². The van der Waals surface area contributed by atoms with Crippen molar-refractivity contribution < 1.29 is 9.47 Å². The highest BCUT2D eigenvalue weighted by molar-refractivity contribution is 5.60. The summed E-state index contributed by atoms with van der Waals surface area (Å²) in [7, 11) is 3.13. The smallest absolute Gasteiger partial charge is 0.335 e. The first kappa shape index (κ1) is 10.4. The third-order valence-electron chi connectivity index (χ3n) is 2.09. The first-order valence-electron chi connectivity index (χ1n) is 4.71. The van der Waals surface area contributed by atoms with Crippen molar-refractivity contribution in [1.29, 1.82) is 0 Å². The van der Waals surface area contributed by atoms with Crippen molar-refractivity contribution in [3.63, 3.8) is 0 Å². The van der Waals surface area contributed by atoms with Gasteiger partial charge in [0, 0.05) is 5.56 Å². The van der Waals surface area contributed by atoms with Crippen molar-refractivity contribution in [2.24, 2.45) is 0 Å². The highest BCUT2D eigenvalue weighted by Crippen LogP contribution is 2.21. The molecule has 1 aromatic carbocycles. The molecule has 0 saturated heterocycles. The van der Waals surface area contributed by atoms with Crippen molar-refractivity contribution in [1.82, 2.24) is 15.2 Å². The fraction of sp³-hybridized carbons (Fsp3) is 0.182. The van der Waals surface area contributed by atoms with Gasteiger partial charge in [0.25, 0.3) is 0 Å². The monoisotopic (exact) mass is 217 g/mol. The third-order valence-corrected chi connectivity index (χ3v) is 2.09. The van der Waals surface area contributed by atoms with Crippen molar-refractivity contribution in [3.8, 4) is 23.0 Å². The molecule has 0 atom stereocenters. The molecule has 0 amide bonds. The van der Waals surface area contributed by atoms with E-state index in [1.54, 1.807) is 13.3 Å². The molecule has 0 N–H and O–H groups in total. The van der Waals surface area contributed by atoms with Gasteiger partial charge in [-0.2, -0.15) is 10.1 Å². The highest BCUT2D eigenvalue weighted by atomic mass is 16.5. The van der Waals surface area contributed by atoms with Gasteiger partial charge in [-0.15, -0.1) is 0 Å². The van der Waals surface area contributed by atoms with E-state index < -0.39 is 0 Å². The van der Waals surface area contributed by atoms with E-state index in [4.69, 9.17) is 9.47 Å². The lowest BCUT2D eigenvalue weighted by molar-refractivity contribution is 0.374. The minimum Gasteiger partial charge on any atom is -0.497 e. The Balaban J connectivity index is 2.41. The maximum atomic E-state index is 5.14. The van der Waals surface area contributed by atoms with Gasteiger partial charge in [-0.25, -0.2) is 0 Å². The summed E-state index contributed by atoms with van der Waals surface area (Å²) in [6.07, 6.45) is 1.58. The average molecular weight is 217 g/mol. The fourth-order valence-electron chi connectivity index (χ4n) is 1.30. The van der Waals surface area contributed by atoms with Gasteiger partial charge in [0.2, 0.25) is 0 Å². The minimum atomic E-state index is 0.250. The second kappa shape index (κ2) is 4.57. The van der Waals surface area contributed by atoms with E-state index in [9.17, 15) is 0 Å². The molecule has 0 fully saturated rings. The molecule has 82 valence electrons. The van der Waals surface area contributed by atoms with Gasteiger partial charge in [-0.1, -0.05) is 17.2 Å². The van der Waals surface area contributed by atoms with Crippen LogP contribution in [-0.4, -0.2) is 29.4 Å². The minimum absolute atomic E-state index is 0.250. The lowest BCUT2D eigenvalue weighted by Gasteiger charge is -2.04. The van der Waals surface area contributed by atoms with Crippen molar-refractivity contribution in [3.05, 3.63) is 30.5 Å². The number of ether oxygens (including phenoxy) is 2. The van der Waals surface area contributed by atoms with Crippen LogP contribution in [0, 0.1) is 0 Å². The Morgan fingerprint density at radius 2 is 2.00 bits per heavy atom. The zero-order chi connectivity index (χ0) is 11.4. The molecule has 16 heavy (non-hydrogen) atoms. The maximum Gasteiger partial charge on any atom is 0.335 e. The van der Waals surface area contributed by atoms with Crippen LogP contribution < -0.4 is 9.47 Å². The highest BCUT2D eigenvalue weighted by Gasteiger charge is 2.04. The predicted octanol–water partition coefficient (Wildman–Crippen LogP) is 1.56. The van der Waals surface area contributed by atoms with Crippen LogP contribution in [0.3, 0.4) is 0 Å². The summed E-state index contributed by atoms with van der Waals surface area (Å²) in [6, 6.07) is 7.81. The predicted molar refractivity (Wildman–Crippen MR) is 58.4 cm³/mol. The molecule has 0 spiro atoms. The first-order valence-corrected chi connectivity index (χ1v) is 4.71. The Morgan fingerprint density at radius 3 is 2.75 bits per heavy atom. The van der Waals surface area contributed by atoms with E-state index in [1.165, 1.54) is 7.11 Å². The summed E-state index contributed by atoms with van der Waals surface area (Å²) in [6.45, 7) is 0. The summed E-state index contributed by atoms with van der Waals surface area (Å²) in [4.78, 5) is 4.19. The number of hydrogen-bond donors (Lipinski definition) is 0. The molecule has 0 aliphatic heterocycles. The second-order valence-electron chi connectivity index (χ2n) is 3.06. The van der Waals surface area contributed by atoms with E-state index in [1.807, 2.05) is 24.3 Å². The number of benzene rings is 1. The van der Waals surface area contributed by atoms with Crippen LogP contribution in [0.5, 0.6) is 11.8 Å². The molecule has 5 heteroatoms. The third kappa shape index (κ3) is 2.08. The van der Waals surface area contributed by atoms with Crippen LogP contribution in [0.15, 0.2) is 30.5 Å². The fourth-order valence-corrected chi connectivity index (χ4v) is 1.30. The Kier molecular flexibility index (Phi) is 2.95. The molecule has 1 aromatic heterocycles. The van der Waals surface area contributed by atoms with E-state index in [-0.39, 0.29) is 6.01 Å². The molecule has 1 heterocycles. The molecule has 0 radical (unpaired) electrons. The Labute approximate surface area is 93.1 Å². The molecule has 5 nitrogen and oxygen atoms in total. The first-order chi connectivity index (χ1) is 7.83. The number of rotatable bonds is 3. The average Bonchev–Trinajstić information content (AvgIpc) is 2.39. The van der Waals surface area contributed by atoms with E-state index >= 15 is 0 Å². The maximum absolute atomic E-state index is 5.14. The second-order valence-corrected chi connectivity index (χ2v) is 3.06. The number of methoxy groups -OCH3 is 2. The van der Waals surface area contributed by atoms with Crippen LogP contribution in [0.4, 0.5) is 0 Å². The zero-order valence-corrected chi connectivity index (χ0v) is 9.04. The van der Waals surface area contributed by atoms with Crippen LogP contribution >= 0.6 is 0 Å². The molecule has 2 rings (SSSR count). The van der Waals surface area contributed by atoms with Crippen molar-refractivity contribution in [2.45, 2.75) is 0 Å². The van der Waals surface area contributed by atoms with Gasteiger partial charge in [0.1, 0.15) is 5.75 Å². The normalized spacial score (nSPS) is 9.88. The van der Waals surface area contributed by atoms with Crippen molar-refractivity contribution in [2.75, 3.05) is 14.2 Å². The molecule has 0 unspecified atom stereocenters. The summed E-state index contributed by atoms with van der Waals surface area (Å²) in [5, 5.41) is 7.52. The molecule has 0 aliphatic rings. The molecule has 2 aromatic rings. The van der Waals surface area contributed by atoms with E-state index in [0.717, 1.165) is 11.3 Å². The molecular formula is C11H11N3O2. The van der Waals surface area contributed by atoms with E-state index in [0.29, 0.717) is 5.69 Å². The van der Waals surface area contributed by atoms with Gasteiger partial charge in [0.05, 0.1) is 26.1 Å². The molecular weight excluding hydrogens is 206 g/mol. The van der Waals surface area contributed by atoms with Crippen LogP contribution in [0.25, 0.3) is 11.3 Å². The Hall–Kier alpha value is -2.17. The number of nitrogens with zero attached hydrogens (tertiary/aromatic N) is 3. The topological polar surface area (TPSA) is 57.1 Å². The Bertz CT molecular complexity index is 443. The van der Waals surface area contributed by atoms with Gasteiger partial charge < -0.3 is 9.47 Å². The molecule has 0 bridgehead atoms. The van der Waals surface area contributed by atoms with Gasteiger partial charge >= 0.3 is 6.01 Å². The summed E-state index contributed by atoms with van der Waals surface area (Å²) < 4.78 is 10.1. The SMILES string of the molecule is COc1cccc(-c2cnnc(OC)n2)c1. The lowest BCUT2D eigenvalue weighted by atomic mass is 10.1. The number of hydrogen-bond acceptors (Lipinski definition) is 5. The van der Waals surface area contributed by atoms with Gasteiger partial charge in [-0.05, 0) is 12.1 Å². The standard InChI is InChI=1S/C11H11N3O2/c1-15-9-5-3-4-8(6-9)10-7-12-14-11(13-10)16-2/h3-7H,1-2H3. The molecule has 0 aliphatic carbocycles. The largest absolute Gasteiger partial charge is 0.497 e. The van der Waals surface area contributed by atoms with E-state index in [2.05, 4.69) is 15.2 Å². The summed E-state index contributed by atoms with van der Waals surface area (Å²) in [5.74, 6) is 0.773. The molecule has 0 saturated carbocycles. The summed E-state index contributed by atoms with van der Waals surface area (Å²) >= 11 is 0. The van der Waals surface area contributed by atoms with Crippen LogP contribution in [0.2, 0.25) is 0 Å². The van der Waals surface area contributed by atoms with Gasteiger partial charge in [-0.3, -0.25) is 0 Å². The lowest BCUT2D eigenvalue weighted by Crippen LogP contribution is -1.96. The summed E-state index contributed by atoms with van der Waals surface area (Å²) in [5.41, 5.74) is 1.61. The van der Waals surface area contributed by atoms with Crippen LogP contribution in [0.1, 0.15) is 0 Å². The number of aromatic nitrogens is 3. The Morgan fingerprint density at radius 1 is 1.12 bits per heavy atom. The quantitative estimate of drug-likeness (QED) is 0.780. The van der Waals surface area contributed by atoms with Crippen molar-refractivity contribution >= 4 is 0 Å². The zero-order valence-electron chi connectivity index (χ0n) is 9.04. The van der Waals surface area contributed by atoms with Gasteiger partial charge in [0.15, 0.2) is 0 Å².